The second kappa shape index (κ2) is 6.38. The van der Waals surface area contributed by atoms with Gasteiger partial charge in [-0.3, -0.25) is 4.79 Å². The van der Waals surface area contributed by atoms with E-state index in [0.717, 1.165) is 0 Å². The van der Waals surface area contributed by atoms with E-state index in [1.165, 1.54) is 4.90 Å². The molecule has 2 rings (SSSR count). The van der Waals surface area contributed by atoms with Gasteiger partial charge in [0.25, 0.3) is 0 Å². The van der Waals surface area contributed by atoms with Crippen LogP contribution in [0.2, 0.25) is 0 Å². The largest absolute Gasteiger partial charge is 0.493 e. The number of hydrogen-bond acceptors (Lipinski definition) is 4. The molecule has 0 saturated carbocycles. The molecule has 0 bridgehead atoms. The van der Waals surface area contributed by atoms with Crippen molar-refractivity contribution in [2.24, 2.45) is 0 Å². The molecular formula is C14H17NO5. The molecule has 1 heterocycles. The summed E-state index contributed by atoms with van der Waals surface area (Å²) in [6.45, 7) is 0.253. The van der Waals surface area contributed by atoms with Crippen LogP contribution in [0.3, 0.4) is 0 Å². The average Bonchev–Trinajstić information content (AvgIpc) is 2.82. The SMILES string of the molecule is O=C(O)[C@@H]1C[C@H](O)CN1C(=O)CCOc1ccccc1. The predicted octanol–water partition coefficient (Wildman–Crippen LogP) is 0.502. The maximum absolute atomic E-state index is 12.0. The number of ether oxygens (including phenoxy) is 1. The molecule has 6 heteroatoms. The third-order valence-corrected chi connectivity index (χ3v) is 3.21. The first kappa shape index (κ1) is 14.3. The Kier molecular flexibility index (Phi) is 4.57. The number of carbonyl (C=O) groups excluding carboxylic acids is 1. The fraction of sp³-hybridized carbons (Fsp3) is 0.429. The molecule has 2 N–H and O–H groups in total. The summed E-state index contributed by atoms with van der Waals surface area (Å²) in [7, 11) is 0. The highest BCUT2D eigenvalue weighted by atomic mass is 16.5. The van der Waals surface area contributed by atoms with Crippen molar-refractivity contribution in [1.29, 1.82) is 0 Å². The van der Waals surface area contributed by atoms with Gasteiger partial charge >= 0.3 is 5.97 Å². The van der Waals surface area contributed by atoms with Crippen molar-refractivity contribution in [3.8, 4) is 5.75 Å². The molecule has 6 nitrogen and oxygen atoms in total. The van der Waals surface area contributed by atoms with E-state index in [1.54, 1.807) is 12.1 Å². The molecule has 1 saturated heterocycles. The van der Waals surface area contributed by atoms with E-state index in [-0.39, 0.29) is 31.9 Å². The van der Waals surface area contributed by atoms with Crippen molar-refractivity contribution in [1.82, 2.24) is 4.90 Å². The Labute approximate surface area is 116 Å². The summed E-state index contributed by atoms with van der Waals surface area (Å²) in [6, 6.07) is 8.15. The zero-order valence-electron chi connectivity index (χ0n) is 10.9. The number of aliphatic hydroxyl groups excluding tert-OH is 1. The first-order valence-electron chi connectivity index (χ1n) is 6.46. The maximum Gasteiger partial charge on any atom is 0.326 e. The smallest absolute Gasteiger partial charge is 0.326 e. The fourth-order valence-electron chi connectivity index (χ4n) is 2.24. The van der Waals surface area contributed by atoms with Crippen molar-refractivity contribution in [2.75, 3.05) is 13.2 Å². The van der Waals surface area contributed by atoms with Crippen LogP contribution < -0.4 is 4.74 Å². The Morgan fingerprint density at radius 2 is 2.00 bits per heavy atom. The zero-order valence-corrected chi connectivity index (χ0v) is 10.9. The van der Waals surface area contributed by atoms with Crippen LogP contribution in [-0.2, 0) is 9.59 Å². The zero-order chi connectivity index (χ0) is 14.5. The number of carboxylic acids is 1. The van der Waals surface area contributed by atoms with Gasteiger partial charge in [-0.05, 0) is 12.1 Å². The monoisotopic (exact) mass is 279 g/mol. The summed E-state index contributed by atoms with van der Waals surface area (Å²) in [5.74, 6) is -0.736. The van der Waals surface area contributed by atoms with Gasteiger partial charge in [0.2, 0.25) is 5.91 Å². The van der Waals surface area contributed by atoms with Crippen LogP contribution in [-0.4, -0.2) is 52.3 Å². The Morgan fingerprint density at radius 3 is 2.65 bits per heavy atom. The number of carbonyl (C=O) groups is 2. The molecule has 1 fully saturated rings. The highest BCUT2D eigenvalue weighted by molar-refractivity contribution is 5.84. The number of nitrogens with zero attached hydrogens (tertiary/aromatic N) is 1. The Hall–Kier alpha value is -2.08. The molecule has 20 heavy (non-hydrogen) atoms. The van der Waals surface area contributed by atoms with Gasteiger partial charge in [0, 0.05) is 13.0 Å². The van der Waals surface area contributed by atoms with Crippen LogP contribution >= 0.6 is 0 Å². The summed E-state index contributed by atoms with van der Waals surface area (Å²) < 4.78 is 5.40. The first-order valence-corrected chi connectivity index (χ1v) is 6.46. The van der Waals surface area contributed by atoms with Crippen LogP contribution in [0.25, 0.3) is 0 Å². The topological polar surface area (TPSA) is 87.1 Å². The number of aliphatic carboxylic acids is 1. The molecule has 0 aromatic heterocycles. The van der Waals surface area contributed by atoms with Crippen LogP contribution in [0.15, 0.2) is 30.3 Å². The molecule has 1 aromatic rings. The third-order valence-electron chi connectivity index (χ3n) is 3.21. The van der Waals surface area contributed by atoms with Gasteiger partial charge in [-0.15, -0.1) is 0 Å². The lowest BCUT2D eigenvalue weighted by Crippen LogP contribution is -2.41. The minimum Gasteiger partial charge on any atom is -0.493 e. The van der Waals surface area contributed by atoms with E-state index in [1.807, 2.05) is 18.2 Å². The van der Waals surface area contributed by atoms with Crippen LogP contribution in [0.1, 0.15) is 12.8 Å². The molecule has 108 valence electrons. The minimum absolute atomic E-state index is 0.0706. The lowest BCUT2D eigenvalue weighted by molar-refractivity contribution is -0.148. The van der Waals surface area contributed by atoms with Crippen LogP contribution in [0.5, 0.6) is 5.75 Å². The molecule has 1 amide bonds. The van der Waals surface area contributed by atoms with Crippen molar-refractivity contribution in [2.45, 2.75) is 25.0 Å². The minimum atomic E-state index is -1.08. The van der Waals surface area contributed by atoms with E-state index in [2.05, 4.69) is 0 Å². The van der Waals surface area contributed by atoms with Crippen molar-refractivity contribution >= 4 is 11.9 Å². The standard InChI is InChI=1S/C14H17NO5/c16-10-8-12(14(18)19)15(9-10)13(17)6-7-20-11-4-2-1-3-5-11/h1-5,10,12,16H,6-9H2,(H,18,19)/t10-,12-/m0/s1. The van der Waals surface area contributed by atoms with Gasteiger partial charge in [0.05, 0.1) is 19.1 Å². The number of amides is 1. The van der Waals surface area contributed by atoms with Crippen molar-refractivity contribution < 1.29 is 24.5 Å². The second-order valence-corrected chi connectivity index (χ2v) is 4.70. The highest BCUT2D eigenvalue weighted by Crippen LogP contribution is 2.19. The van der Waals surface area contributed by atoms with Crippen molar-refractivity contribution in [3.05, 3.63) is 30.3 Å². The normalized spacial score (nSPS) is 21.8. The Morgan fingerprint density at radius 1 is 1.30 bits per heavy atom. The van der Waals surface area contributed by atoms with E-state index in [9.17, 15) is 14.7 Å². The maximum atomic E-state index is 12.0. The third kappa shape index (κ3) is 3.48. The number of benzene rings is 1. The Balaban J connectivity index is 1.84. The number of rotatable bonds is 5. The summed E-state index contributed by atoms with van der Waals surface area (Å²) in [5, 5.41) is 18.5. The quantitative estimate of drug-likeness (QED) is 0.819. The average molecular weight is 279 g/mol. The van der Waals surface area contributed by atoms with Gasteiger partial charge in [-0.25, -0.2) is 4.79 Å². The summed E-state index contributed by atoms with van der Waals surface area (Å²) in [4.78, 5) is 24.2. The predicted molar refractivity (Wildman–Crippen MR) is 70.3 cm³/mol. The molecule has 1 aliphatic heterocycles. The number of para-hydroxylation sites is 1. The molecule has 0 unspecified atom stereocenters. The lowest BCUT2D eigenvalue weighted by atomic mass is 10.2. The van der Waals surface area contributed by atoms with Crippen LogP contribution in [0.4, 0.5) is 0 Å². The highest BCUT2D eigenvalue weighted by Gasteiger charge is 2.38. The molecule has 2 atom stereocenters. The second-order valence-electron chi connectivity index (χ2n) is 4.70. The summed E-state index contributed by atoms with van der Waals surface area (Å²) in [5.41, 5.74) is 0. The number of aliphatic hydroxyl groups is 1. The molecule has 1 aromatic carbocycles. The van der Waals surface area contributed by atoms with E-state index in [4.69, 9.17) is 9.84 Å². The first-order chi connectivity index (χ1) is 9.58. The van der Waals surface area contributed by atoms with Gasteiger partial charge in [0.1, 0.15) is 11.8 Å². The summed E-state index contributed by atoms with van der Waals surface area (Å²) >= 11 is 0. The molecule has 0 radical (unpaired) electrons. The number of carboxylic acid groups (broad SMARTS) is 1. The van der Waals surface area contributed by atoms with E-state index >= 15 is 0 Å². The lowest BCUT2D eigenvalue weighted by Gasteiger charge is -2.21. The molecule has 1 aliphatic rings. The van der Waals surface area contributed by atoms with Crippen LogP contribution in [0, 0.1) is 0 Å². The molecule has 0 aliphatic carbocycles. The van der Waals surface area contributed by atoms with Gasteiger partial charge in [-0.2, -0.15) is 0 Å². The fourth-order valence-corrected chi connectivity index (χ4v) is 2.24. The summed E-state index contributed by atoms with van der Waals surface area (Å²) in [6.07, 6.45) is -0.596. The van der Waals surface area contributed by atoms with Gasteiger partial charge in [-0.1, -0.05) is 18.2 Å². The number of likely N-dealkylation sites (tertiary alicyclic amines) is 1. The van der Waals surface area contributed by atoms with Gasteiger partial charge in [0.15, 0.2) is 0 Å². The number of β-amino-alcohol motifs (C(OH)–C–C–N with tert-alkyl or cyclic N) is 1. The van der Waals surface area contributed by atoms with E-state index < -0.39 is 18.1 Å². The van der Waals surface area contributed by atoms with E-state index in [0.29, 0.717) is 5.75 Å². The molecular weight excluding hydrogens is 262 g/mol. The van der Waals surface area contributed by atoms with Gasteiger partial charge < -0.3 is 19.8 Å². The Bertz CT molecular complexity index is 476. The molecule has 0 spiro atoms. The van der Waals surface area contributed by atoms with Crippen molar-refractivity contribution in [3.63, 3.8) is 0 Å². The number of hydrogen-bond donors (Lipinski definition) is 2.